The van der Waals surface area contributed by atoms with E-state index >= 15 is 0 Å². The molecule has 0 radical (unpaired) electrons. The van der Waals surface area contributed by atoms with Gasteiger partial charge in [0.15, 0.2) is 0 Å². The zero-order chi connectivity index (χ0) is 23.1. The fourth-order valence-corrected chi connectivity index (χ4v) is 9.91. The third-order valence-corrected chi connectivity index (χ3v) is 11.0. The standard InChI is InChI=1S/C27H41NO4/c1-15(2)17-14-27-12-9-20-25(3,10-6-11-26(20,4)24(30)32-5)21(27)13-16(17)22-19(29)8-7-18(28-31)23(22)27/h14-16,19-23,29,31H,6-13H2,1-5H3/b28-18+/t16-,19-,20+,21+,22-,23+,25-,26+,27-/m0/s1. The van der Waals surface area contributed by atoms with Crippen LogP contribution in [0.1, 0.15) is 79.1 Å². The normalized spacial score (nSPS) is 51.0. The van der Waals surface area contributed by atoms with Crippen molar-refractivity contribution in [1.29, 1.82) is 0 Å². The minimum Gasteiger partial charge on any atom is -0.469 e. The molecule has 1 spiro atoms. The number of allylic oxidation sites excluding steroid dienone is 2. The molecule has 0 heterocycles. The highest BCUT2D eigenvalue weighted by Crippen LogP contribution is 2.74. The Morgan fingerprint density at radius 3 is 2.59 bits per heavy atom. The van der Waals surface area contributed by atoms with Gasteiger partial charge in [0, 0.05) is 17.3 Å². The van der Waals surface area contributed by atoms with Gasteiger partial charge in [-0.05, 0) is 81.0 Å². The first kappa shape index (κ1) is 22.4. The van der Waals surface area contributed by atoms with Crippen molar-refractivity contribution in [2.75, 3.05) is 7.11 Å². The third-order valence-electron chi connectivity index (χ3n) is 11.0. The second-order valence-corrected chi connectivity index (χ2v) is 12.4. The largest absolute Gasteiger partial charge is 0.469 e. The van der Waals surface area contributed by atoms with Gasteiger partial charge in [-0.3, -0.25) is 4.79 Å². The molecular weight excluding hydrogens is 402 g/mol. The van der Waals surface area contributed by atoms with Crippen LogP contribution in [-0.4, -0.2) is 35.2 Å². The molecule has 0 aromatic carbocycles. The van der Waals surface area contributed by atoms with E-state index in [9.17, 15) is 15.1 Å². The van der Waals surface area contributed by atoms with Crippen LogP contribution in [0.15, 0.2) is 16.8 Å². The van der Waals surface area contributed by atoms with Crippen LogP contribution in [-0.2, 0) is 9.53 Å². The van der Waals surface area contributed by atoms with Gasteiger partial charge in [-0.25, -0.2) is 0 Å². The number of fused-ring (bicyclic) bond motifs is 1. The first-order valence-electron chi connectivity index (χ1n) is 12.8. The molecule has 2 N–H and O–H groups in total. The minimum atomic E-state index is -0.427. The highest BCUT2D eigenvalue weighted by atomic mass is 16.5. The number of oxime groups is 1. The molecule has 0 aromatic heterocycles. The van der Waals surface area contributed by atoms with E-state index in [1.165, 1.54) is 12.7 Å². The first-order valence-corrected chi connectivity index (χ1v) is 12.8. The van der Waals surface area contributed by atoms with Gasteiger partial charge in [0.05, 0.1) is 24.3 Å². The number of esters is 1. The summed E-state index contributed by atoms with van der Waals surface area (Å²) in [7, 11) is 1.53. The Labute approximate surface area is 192 Å². The number of nitrogens with zero attached hydrogens (tertiary/aromatic N) is 1. The summed E-state index contributed by atoms with van der Waals surface area (Å²) in [4.78, 5) is 13.0. The van der Waals surface area contributed by atoms with Crippen LogP contribution in [0.5, 0.6) is 0 Å². The number of hydrogen-bond donors (Lipinski definition) is 2. The van der Waals surface area contributed by atoms with Crippen LogP contribution in [0.2, 0.25) is 0 Å². The summed E-state index contributed by atoms with van der Waals surface area (Å²) >= 11 is 0. The van der Waals surface area contributed by atoms with Crippen molar-refractivity contribution in [2.45, 2.75) is 85.2 Å². The molecule has 6 aliphatic rings. The summed E-state index contributed by atoms with van der Waals surface area (Å²) in [6.07, 6.45) is 9.82. The van der Waals surface area contributed by atoms with E-state index in [1.54, 1.807) is 0 Å². The fourth-order valence-electron chi connectivity index (χ4n) is 9.91. The van der Waals surface area contributed by atoms with Crippen molar-refractivity contribution in [3.63, 3.8) is 0 Å². The maximum absolute atomic E-state index is 13.0. The Hall–Kier alpha value is -1.36. The monoisotopic (exact) mass is 443 g/mol. The predicted octanol–water partition coefficient (Wildman–Crippen LogP) is 5.20. The Morgan fingerprint density at radius 2 is 1.94 bits per heavy atom. The van der Waals surface area contributed by atoms with E-state index in [2.05, 4.69) is 38.9 Å². The van der Waals surface area contributed by atoms with Gasteiger partial charge in [0.1, 0.15) is 0 Å². The fraction of sp³-hybridized carbons (Fsp3) is 0.852. The maximum atomic E-state index is 13.0. The number of rotatable bonds is 2. The summed E-state index contributed by atoms with van der Waals surface area (Å²) in [5.74, 6) is 1.76. The van der Waals surface area contributed by atoms with E-state index in [-0.39, 0.29) is 34.7 Å². The second kappa shape index (κ2) is 7.32. The molecule has 0 unspecified atom stereocenters. The van der Waals surface area contributed by atoms with Gasteiger partial charge in [-0.2, -0.15) is 0 Å². The van der Waals surface area contributed by atoms with Crippen molar-refractivity contribution in [3.8, 4) is 0 Å². The molecular formula is C27H41NO4. The van der Waals surface area contributed by atoms with Crippen molar-refractivity contribution in [2.24, 2.45) is 56.9 Å². The number of aliphatic hydroxyl groups excluding tert-OH is 1. The molecule has 178 valence electrons. The van der Waals surface area contributed by atoms with Gasteiger partial charge in [-0.15, -0.1) is 0 Å². The predicted molar refractivity (Wildman–Crippen MR) is 123 cm³/mol. The molecule has 0 aromatic rings. The van der Waals surface area contributed by atoms with Crippen LogP contribution in [0.25, 0.3) is 0 Å². The molecule has 6 aliphatic carbocycles. The number of hydrogen-bond acceptors (Lipinski definition) is 5. The number of methoxy groups -OCH3 is 1. The smallest absolute Gasteiger partial charge is 0.311 e. The molecule has 0 aliphatic heterocycles. The average molecular weight is 444 g/mol. The van der Waals surface area contributed by atoms with Crippen LogP contribution in [0.4, 0.5) is 0 Å². The van der Waals surface area contributed by atoms with Crippen LogP contribution < -0.4 is 0 Å². The summed E-state index contributed by atoms with van der Waals surface area (Å²) < 4.78 is 5.33. The topological polar surface area (TPSA) is 79.1 Å². The second-order valence-electron chi connectivity index (χ2n) is 12.4. The Balaban J connectivity index is 1.66. The summed E-state index contributed by atoms with van der Waals surface area (Å²) in [5, 5.41) is 25.0. The van der Waals surface area contributed by atoms with Crippen LogP contribution in [0, 0.1) is 51.8 Å². The highest BCUT2D eigenvalue weighted by Gasteiger charge is 2.70. The van der Waals surface area contributed by atoms with Crippen molar-refractivity contribution in [3.05, 3.63) is 11.6 Å². The number of carbonyl (C=O) groups is 1. The van der Waals surface area contributed by atoms with Gasteiger partial charge in [-0.1, -0.05) is 44.0 Å². The number of ether oxygens (including phenoxy) is 1. The van der Waals surface area contributed by atoms with Crippen molar-refractivity contribution in [1.82, 2.24) is 0 Å². The quantitative estimate of drug-likeness (QED) is 0.266. The lowest BCUT2D eigenvalue weighted by molar-refractivity contribution is -0.199. The van der Waals surface area contributed by atoms with Gasteiger partial charge in [0.2, 0.25) is 0 Å². The molecule has 5 heteroatoms. The van der Waals surface area contributed by atoms with Crippen LogP contribution in [0.3, 0.4) is 0 Å². The van der Waals surface area contributed by atoms with Gasteiger partial charge >= 0.3 is 5.97 Å². The van der Waals surface area contributed by atoms with Crippen molar-refractivity contribution >= 4 is 11.7 Å². The molecule has 2 bridgehead atoms. The lowest BCUT2D eigenvalue weighted by atomic mass is 9.33. The summed E-state index contributed by atoms with van der Waals surface area (Å²) in [6.45, 7) is 9.15. The number of carbonyl (C=O) groups excluding carboxylic acids is 1. The zero-order valence-corrected chi connectivity index (χ0v) is 20.4. The molecule has 4 fully saturated rings. The molecule has 0 saturated heterocycles. The molecule has 9 atom stereocenters. The molecule has 6 rings (SSSR count). The van der Waals surface area contributed by atoms with Crippen molar-refractivity contribution < 1.29 is 19.8 Å². The molecule has 5 nitrogen and oxygen atoms in total. The maximum Gasteiger partial charge on any atom is 0.311 e. The van der Waals surface area contributed by atoms with E-state index < -0.39 is 5.41 Å². The van der Waals surface area contributed by atoms with Gasteiger partial charge in [0.25, 0.3) is 0 Å². The van der Waals surface area contributed by atoms with E-state index in [0.717, 1.165) is 44.2 Å². The molecule has 0 amide bonds. The Morgan fingerprint density at radius 1 is 1.19 bits per heavy atom. The Kier molecular flexibility index (Phi) is 5.13. The number of aliphatic hydroxyl groups is 1. The Bertz CT molecular complexity index is 864. The third kappa shape index (κ3) is 2.66. The van der Waals surface area contributed by atoms with Crippen LogP contribution >= 0.6 is 0 Å². The first-order chi connectivity index (χ1) is 15.1. The highest BCUT2D eigenvalue weighted by molar-refractivity contribution is 5.89. The SMILES string of the molecule is COC(=O)[C@]1(C)CCC[C@]2(C)[C@H]3C[C@H]4C(C(C)C)=C[C@]3(CC[C@H]21)[C@@H]1/C(=N/O)CC[C@H](O)[C@@H]14. The van der Waals surface area contributed by atoms with Gasteiger partial charge < -0.3 is 15.1 Å². The average Bonchev–Trinajstić information content (AvgIpc) is 2.78. The minimum absolute atomic E-state index is 0.0463. The van der Waals surface area contributed by atoms with E-state index in [0.29, 0.717) is 36.5 Å². The van der Waals surface area contributed by atoms with E-state index in [1.807, 2.05) is 0 Å². The summed E-state index contributed by atoms with van der Waals surface area (Å²) in [5.41, 5.74) is 1.95. The summed E-state index contributed by atoms with van der Waals surface area (Å²) in [6, 6.07) is 0. The lowest BCUT2D eigenvalue weighted by Gasteiger charge is -2.71. The van der Waals surface area contributed by atoms with E-state index in [4.69, 9.17) is 4.74 Å². The molecule has 32 heavy (non-hydrogen) atoms. The zero-order valence-electron chi connectivity index (χ0n) is 20.4. The molecule has 4 saturated carbocycles. The lowest BCUT2D eigenvalue weighted by Crippen LogP contribution is -2.67.